The van der Waals surface area contributed by atoms with Crippen LogP contribution >= 0.6 is 15.9 Å². The topological polar surface area (TPSA) is 45.0 Å². The van der Waals surface area contributed by atoms with E-state index in [1.165, 1.54) is 0 Å². The van der Waals surface area contributed by atoms with Gasteiger partial charge in [0.1, 0.15) is 11.8 Å². The maximum absolute atomic E-state index is 9.20. The van der Waals surface area contributed by atoms with E-state index >= 15 is 0 Å². The highest BCUT2D eigenvalue weighted by atomic mass is 79.9. The number of nitriles is 1. The Labute approximate surface area is 121 Å². The van der Waals surface area contributed by atoms with Crippen LogP contribution in [0.15, 0.2) is 46.9 Å². The van der Waals surface area contributed by atoms with Crippen LogP contribution in [-0.2, 0) is 0 Å². The first kappa shape index (κ1) is 13.4. The highest BCUT2D eigenvalue weighted by molar-refractivity contribution is 9.10. The molecule has 0 bridgehead atoms. The molecular weight excluding hydrogens is 304 g/mol. The fourth-order valence-corrected chi connectivity index (χ4v) is 2.19. The number of hydrogen-bond donors (Lipinski definition) is 1. The van der Waals surface area contributed by atoms with Gasteiger partial charge in [0, 0.05) is 4.47 Å². The van der Waals surface area contributed by atoms with Crippen molar-refractivity contribution in [2.45, 2.75) is 6.92 Å². The van der Waals surface area contributed by atoms with E-state index in [9.17, 15) is 5.26 Å². The molecular formula is C15H13BrN2O. The maximum atomic E-state index is 9.20. The van der Waals surface area contributed by atoms with Crippen molar-refractivity contribution in [2.24, 2.45) is 0 Å². The molecule has 4 heteroatoms. The van der Waals surface area contributed by atoms with Crippen molar-refractivity contribution in [1.82, 2.24) is 0 Å². The largest absolute Gasteiger partial charge is 0.492 e. The molecule has 0 radical (unpaired) electrons. The monoisotopic (exact) mass is 316 g/mol. The highest BCUT2D eigenvalue weighted by Gasteiger charge is 2.08. The van der Waals surface area contributed by atoms with Gasteiger partial charge in [-0.05, 0) is 47.1 Å². The number of rotatable bonds is 4. The van der Waals surface area contributed by atoms with Crippen LogP contribution in [0.1, 0.15) is 12.5 Å². The Morgan fingerprint density at radius 3 is 2.63 bits per heavy atom. The van der Waals surface area contributed by atoms with Gasteiger partial charge in [0.15, 0.2) is 0 Å². The quantitative estimate of drug-likeness (QED) is 0.905. The summed E-state index contributed by atoms with van der Waals surface area (Å²) in [5.74, 6) is 0.772. The molecule has 96 valence electrons. The average molecular weight is 317 g/mol. The minimum absolute atomic E-state index is 0.578. The fraction of sp³-hybridized carbons (Fsp3) is 0.133. The van der Waals surface area contributed by atoms with Gasteiger partial charge in [-0.15, -0.1) is 0 Å². The van der Waals surface area contributed by atoms with Crippen LogP contribution in [-0.4, -0.2) is 6.61 Å². The Kier molecular flexibility index (Phi) is 4.43. The molecule has 2 rings (SSSR count). The van der Waals surface area contributed by atoms with Gasteiger partial charge in [0.25, 0.3) is 0 Å². The summed E-state index contributed by atoms with van der Waals surface area (Å²) >= 11 is 3.38. The third-order valence-electron chi connectivity index (χ3n) is 2.58. The summed E-state index contributed by atoms with van der Waals surface area (Å²) in [5.41, 5.74) is 2.18. The van der Waals surface area contributed by atoms with Gasteiger partial charge in [0.2, 0.25) is 0 Å². The molecule has 0 heterocycles. The van der Waals surface area contributed by atoms with Crippen molar-refractivity contribution in [3.8, 4) is 11.8 Å². The second-order valence-electron chi connectivity index (χ2n) is 3.83. The van der Waals surface area contributed by atoms with E-state index in [1.807, 2.05) is 49.4 Å². The molecule has 0 aromatic heterocycles. The van der Waals surface area contributed by atoms with Crippen LogP contribution in [0.5, 0.6) is 5.75 Å². The molecule has 3 nitrogen and oxygen atoms in total. The van der Waals surface area contributed by atoms with Crippen molar-refractivity contribution < 1.29 is 4.74 Å². The molecule has 0 unspecified atom stereocenters. The number of para-hydroxylation sites is 2. The van der Waals surface area contributed by atoms with Gasteiger partial charge in [-0.25, -0.2) is 0 Å². The first-order chi connectivity index (χ1) is 9.26. The number of halogens is 1. The third kappa shape index (κ3) is 3.07. The molecule has 0 aliphatic rings. The Hall–Kier alpha value is -1.99. The van der Waals surface area contributed by atoms with E-state index in [-0.39, 0.29) is 0 Å². The smallest absolute Gasteiger partial charge is 0.142 e. The van der Waals surface area contributed by atoms with Gasteiger partial charge in [-0.1, -0.05) is 18.2 Å². The molecule has 0 fully saturated rings. The van der Waals surface area contributed by atoms with Crippen molar-refractivity contribution in [2.75, 3.05) is 11.9 Å². The lowest BCUT2D eigenvalue weighted by Crippen LogP contribution is -1.99. The van der Waals surface area contributed by atoms with Crippen LogP contribution < -0.4 is 10.1 Å². The van der Waals surface area contributed by atoms with Crippen LogP contribution in [0, 0.1) is 11.3 Å². The first-order valence-corrected chi connectivity index (χ1v) is 6.73. The molecule has 2 aromatic rings. The number of hydrogen-bond acceptors (Lipinski definition) is 3. The normalized spacial score (nSPS) is 9.74. The molecule has 19 heavy (non-hydrogen) atoms. The van der Waals surface area contributed by atoms with E-state index in [4.69, 9.17) is 4.74 Å². The fourth-order valence-electron chi connectivity index (χ4n) is 1.74. The predicted molar refractivity (Wildman–Crippen MR) is 79.8 cm³/mol. The van der Waals surface area contributed by atoms with Gasteiger partial charge in [-0.2, -0.15) is 5.26 Å². The Morgan fingerprint density at radius 2 is 1.89 bits per heavy atom. The van der Waals surface area contributed by atoms with Crippen LogP contribution in [0.4, 0.5) is 11.4 Å². The number of nitrogens with one attached hydrogen (secondary N) is 1. The minimum Gasteiger partial charge on any atom is -0.492 e. The zero-order valence-electron chi connectivity index (χ0n) is 10.5. The van der Waals surface area contributed by atoms with Crippen LogP contribution in [0.3, 0.4) is 0 Å². The molecule has 2 aromatic carbocycles. The van der Waals surface area contributed by atoms with Crippen molar-refractivity contribution in [1.29, 1.82) is 5.26 Å². The van der Waals surface area contributed by atoms with E-state index < -0.39 is 0 Å². The standard InChI is InChI=1S/C15H13BrN2O/c1-2-19-15-9-4-3-7-14(15)18-13-8-5-6-12(16)11(13)10-17/h3-9,18H,2H2,1H3. The highest BCUT2D eigenvalue weighted by Crippen LogP contribution is 2.31. The lowest BCUT2D eigenvalue weighted by Gasteiger charge is -2.13. The zero-order valence-corrected chi connectivity index (χ0v) is 12.1. The average Bonchev–Trinajstić information content (AvgIpc) is 2.41. The van der Waals surface area contributed by atoms with E-state index in [1.54, 1.807) is 0 Å². The minimum atomic E-state index is 0.578. The second-order valence-corrected chi connectivity index (χ2v) is 4.68. The summed E-state index contributed by atoms with van der Waals surface area (Å²) in [7, 11) is 0. The summed E-state index contributed by atoms with van der Waals surface area (Å²) in [5, 5.41) is 12.4. The van der Waals surface area contributed by atoms with Gasteiger partial charge in [0.05, 0.1) is 23.5 Å². The lowest BCUT2D eigenvalue weighted by atomic mass is 10.2. The van der Waals surface area contributed by atoms with E-state index in [2.05, 4.69) is 27.3 Å². The van der Waals surface area contributed by atoms with E-state index in [0.29, 0.717) is 12.2 Å². The predicted octanol–water partition coefficient (Wildman–Crippen LogP) is 4.46. The number of anilines is 2. The second kappa shape index (κ2) is 6.26. The van der Waals surface area contributed by atoms with Crippen LogP contribution in [0.25, 0.3) is 0 Å². The number of nitrogens with zero attached hydrogens (tertiary/aromatic N) is 1. The molecule has 1 N–H and O–H groups in total. The summed E-state index contributed by atoms with van der Waals surface area (Å²) in [6.07, 6.45) is 0. The summed E-state index contributed by atoms with van der Waals surface area (Å²) in [4.78, 5) is 0. The van der Waals surface area contributed by atoms with Crippen molar-refractivity contribution in [3.05, 3.63) is 52.5 Å². The zero-order chi connectivity index (χ0) is 13.7. The molecule has 0 saturated carbocycles. The first-order valence-electron chi connectivity index (χ1n) is 5.93. The summed E-state index contributed by atoms with van der Waals surface area (Å²) in [6, 6.07) is 15.5. The van der Waals surface area contributed by atoms with Crippen molar-refractivity contribution in [3.63, 3.8) is 0 Å². The summed E-state index contributed by atoms with van der Waals surface area (Å²) in [6.45, 7) is 2.54. The van der Waals surface area contributed by atoms with Gasteiger partial charge < -0.3 is 10.1 Å². The van der Waals surface area contributed by atoms with Gasteiger partial charge >= 0.3 is 0 Å². The number of ether oxygens (including phenoxy) is 1. The lowest BCUT2D eigenvalue weighted by molar-refractivity contribution is 0.342. The molecule has 0 spiro atoms. The Balaban J connectivity index is 2.37. The molecule has 0 amide bonds. The molecule has 0 atom stereocenters. The molecule has 0 saturated heterocycles. The van der Waals surface area contributed by atoms with E-state index in [0.717, 1.165) is 21.6 Å². The number of benzene rings is 2. The summed E-state index contributed by atoms with van der Waals surface area (Å²) < 4.78 is 6.33. The van der Waals surface area contributed by atoms with Crippen LogP contribution in [0.2, 0.25) is 0 Å². The molecule has 0 aliphatic carbocycles. The maximum Gasteiger partial charge on any atom is 0.142 e. The van der Waals surface area contributed by atoms with Gasteiger partial charge in [-0.3, -0.25) is 0 Å². The molecule has 0 aliphatic heterocycles. The Bertz CT molecular complexity index is 620. The Morgan fingerprint density at radius 1 is 1.16 bits per heavy atom. The third-order valence-corrected chi connectivity index (χ3v) is 3.24. The SMILES string of the molecule is CCOc1ccccc1Nc1cccc(Br)c1C#N. The van der Waals surface area contributed by atoms with Crippen molar-refractivity contribution >= 4 is 27.3 Å².